The van der Waals surface area contributed by atoms with Crippen LogP contribution in [0.5, 0.6) is 0 Å². The van der Waals surface area contributed by atoms with E-state index in [0.717, 1.165) is 22.1 Å². The van der Waals surface area contributed by atoms with Crippen LogP contribution in [0.1, 0.15) is 51.4 Å². The Morgan fingerprint density at radius 2 is 1.88 bits per heavy atom. The van der Waals surface area contributed by atoms with E-state index < -0.39 is 0 Å². The standard InChI is InChI=1S/C14H24ClIO/c15-9-5-4-8-11-12(13(11)16)14(17)10-6-2-1-3-7-10/h10-14,17H,1-9H2/t11-,12-,13+,14+/m0/s1. The van der Waals surface area contributed by atoms with Crippen molar-refractivity contribution in [2.24, 2.45) is 17.8 Å². The quantitative estimate of drug-likeness (QED) is 0.418. The highest BCUT2D eigenvalue weighted by molar-refractivity contribution is 14.1. The number of aliphatic hydroxyl groups excluding tert-OH is 1. The zero-order valence-electron chi connectivity index (χ0n) is 10.5. The molecular formula is C14H24ClIO. The number of alkyl halides is 2. The summed E-state index contributed by atoms with van der Waals surface area (Å²) in [5.41, 5.74) is 0. The maximum atomic E-state index is 10.5. The lowest BCUT2D eigenvalue weighted by molar-refractivity contribution is 0.0614. The van der Waals surface area contributed by atoms with Crippen molar-refractivity contribution in [3.05, 3.63) is 0 Å². The fraction of sp³-hybridized carbons (Fsp3) is 1.00. The summed E-state index contributed by atoms with van der Waals surface area (Å²) in [6.45, 7) is 0. The van der Waals surface area contributed by atoms with Gasteiger partial charge in [-0.05, 0) is 37.5 Å². The lowest BCUT2D eigenvalue weighted by Gasteiger charge is -2.27. The molecule has 0 saturated heterocycles. The van der Waals surface area contributed by atoms with E-state index in [1.165, 1.54) is 44.9 Å². The van der Waals surface area contributed by atoms with Gasteiger partial charge in [0.25, 0.3) is 0 Å². The van der Waals surface area contributed by atoms with Gasteiger partial charge in [-0.15, -0.1) is 11.6 Å². The van der Waals surface area contributed by atoms with Gasteiger partial charge in [-0.2, -0.15) is 0 Å². The molecular weight excluding hydrogens is 347 g/mol. The molecule has 0 aromatic carbocycles. The molecule has 0 spiro atoms. The van der Waals surface area contributed by atoms with Crippen LogP contribution >= 0.6 is 34.2 Å². The molecule has 0 aromatic heterocycles. The predicted octanol–water partition coefficient (Wildman–Crippen LogP) is 4.39. The summed E-state index contributed by atoms with van der Waals surface area (Å²) in [6.07, 6.45) is 10.2. The van der Waals surface area contributed by atoms with E-state index in [1.807, 2.05) is 0 Å². The van der Waals surface area contributed by atoms with Crippen LogP contribution in [0.4, 0.5) is 0 Å². The number of unbranched alkanes of at least 4 members (excludes halogenated alkanes) is 1. The van der Waals surface area contributed by atoms with Crippen LogP contribution in [0, 0.1) is 17.8 Å². The molecule has 1 N–H and O–H groups in total. The van der Waals surface area contributed by atoms with Crippen molar-refractivity contribution < 1.29 is 5.11 Å². The molecule has 4 atom stereocenters. The van der Waals surface area contributed by atoms with E-state index in [-0.39, 0.29) is 6.10 Å². The first-order valence-corrected chi connectivity index (χ1v) is 8.92. The van der Waals surface area contributed by atoms with E-state index in [0.29, 0.717) is 11.8 Å². The first-order chi connectivity index (χ1) is 8.25. The highest BCUT2D eigenvalue weighted by atomic mass is 127. The lowest BCUT2D eigenvalue weighted by Crippen LogP contribution is -2.26. The second kappa shape index (κ2) is 6.95. The normalized spacial score (nSPS) is 35.8. The minimum Gasteiger partial charge on any atom is -0.393 e. The molecule has 2 saturated carbocycles. The summed E-state index contributed by atoms with van der Waals surface area (Å²) in [5.74, 6) is 2.75. The molecule has 0 aromatic rings. The average Bonchev–Trinajstić information content (AvgIpc) is 3.00. The van der Waals surface area contributed by atoms with Crippen molar-refractivity contribution in [1.29, 1.82) is 0 Å². The van der Waals surface area contributed by atoms with Gasteiger partial charge in [-0.3, -0.25) is 0 Å². The SMILES string of the molecule is O[C@H](C1CCCCC1)[C@@H]1[C@H](I)[C@H]1CCCCCl. The average molecular weight is 371 g/mol. The minimum atomic E-state index is -0.0156. The van der Waals surface area contributed by atoms with Crippen LogP contribution in [-0.4, -0.2) is 21.0 Å². The van der Waals surface area contributed by atoms with E-state index >= 15 is 0 Å². The van der Waals surface area contributed by atoms with Gasteiger partial charge in [0, 0.05) is 15.7 Å². The van der Waals surface area contributed by atoms with Crippen molar-refractivity contribution in [2.45, 2.75) is 61.4 Å². The van der Waals surface area contributed by atoms with Crippen LogP contribution in [0.2, 0.25) is 0 Å². The van der Waals surface area contributed by atoms with E-state index in [2.05, 4.69) is 22.6 Å². The van der Waals surface area contributed by atoms with E-state index in [9.17, 15) is 5.11 Å². The fourth-order valence-electron chi connectivity index (χ4n) is 3.41. The molecule has 0 amide bonds. The van der Waals surface area contributed by atoms with E-state index in [1.54, 1.807) is 0 Å². The molecule has 0 aliphatic heterocycles. The molecule has 0 bridgehead atoms. The number of rotatable bonds is 6. The minimum absolute atomic E-state index is 0.0156. The maximum Gasteiger partial charge on any atom is 0.0609 e. The molecule has 0 radical (unpaired) electrons. The summed E-state index contributed by atoms with van der Waals surface area (Å²) in [7, 11) is 0. The monoisotopic (exact) mass is 370 g/mol. The Hall–Kier alpha value is 0.980. The van der Waals surface area contributed by atoms with Crippen molar-refractivity contribution in [3.8, 4) is 0 Å². The van der Waals surface area contributed by atoms with Gasteiger partial charge >= 0.3 is 0 Å². The zero-order chi connectivity index (χ0) is 12.3. The zero-order valence-corrected chi connectivity index (χ0v) is 13.4. The van der Waals surface area contributed by atoms with Gasteiger partial charge in [-0.1, -0.05) is 48.3 Å². The summed E-state index contributed by atoms with van der Waals surface area (Å²) >= 11 is 8.26. The molecule has 2 fully saturated rings. The van der Waals surface area contributed by atoms with Crippen molar-refractivity contribution in [1.82, 2.24) is 0 Å². The third kappa shape index (κ3) is 3.73. The number of hydrogen-bond donors (Lipinski definition) is 1. The fourth-order valence-corrected chi connectivity index (χ4v) is 5.16. The second-order valence-corrected chi connectivity index (χ2v) is 7.58. The highest BCUT2D eigenvalue weighted by Crippen LogP contribution is 2.53. The number of hydrogen-bond acceptors (Lipinski definition) is 1. The maximum absolute atomic E-state index is 10.5. The van der Waals surface area contributed by atoms with Gasteiger partial charge in [0.05, 0.1) is 6.10 Å². The summed E-state index contributed by atoms with van der Waals surface area (Å²) in [6, 6.07) is 0. The van der Waals surface area contributed by atoms with Gasteiger partial charge in [-0.25, -0.2) is 0 Å². The highest BCUT2D eigenvalue weighted by Gasteiger charge is 2.53. The third-order valence-corrected chi connectivity index (χ3v) is 6.60. The Kier molecular flexibility index (Phi) is 5.88. The molecule has 2 aliphatic rings. The largest absolute Gasteiger partial charge is 0.393 e. The number of halogens is 2. The second-order valence-electron chi connectivity index (χ2n) is 5.76. The topological polar surface area (TPSA) is 20.2 Å². The molecule has 0 heterocycles. The van der Waals surface area contributed by atoms with Gasteiger partial charge in [0.15, 0.2) is 0 Å². The Morgan fingerprint density at radius 3 is 2.53 bits per heavy atom. The summed E-state index contributed by atoms with van der Waals surface area (Å²) in [4.78, 5) is 0. The molecule has 3 heteroatoms. The summed E-state index contributed by atoms with van der Waals surface area (Å²) < 4.78 is 0.722. The first-order valence-electron chi connectivity index (χ1n) is 7.14. The number of aliphatic hydroxyl groups is 1. The Morgan fingerprint density at radius 1 is 1.18 bits per heavy atom. The van der Waals surface area contributed by atoms with Crippen LogP contribution in [0.25, 0.3) is 0 Å². The van der Waals surface area contributed by atoms with Crippen molar-refractivity contribution >= 4 is 34.2 Å². The molecule has 2 aliphatic carbocycles. The van der Waals surface area contributed by atoms with Gasteiger partial charge in [0.1, 0.15) is 0 Å². The van der Waals surface area contributed by atoms with Crippen LogP contribution in [0.3, 0.4) is 0 Å². The smallest absolute Gasteiger partial charge is 0.0609 e. The summed E-state index contributed by atoms with van der Waals surface area (Å²) in [5, 5.41) is 10.5. The molecule has 100 valence electrons. The van der Waals surface area contributed by atoms with Gasteiger partial charge in [0.2, 0.25) is 0 Å². The Bertz CT molecular complexity index is 230. The predicted molar refractivity (Wildman–Crippen MR) is 81.9 cm³/mol. The molecule has 1 nitrogen and oxygen atoms in total. The lowest BCUT2D eigenvalue weighted by atomic mass is 9.83. The van der Waals surface area contributed by atoms with Crippen molar-refractivity contribution in [2.75, 3.05) is 5.88 Å². The molecule has 2 rings (SSSR count). The molecule has 17 heavy (non-hydrogen) atoms. The molecule has 0 unspecified atom stereocenters. The van der Waals surface area contributed by atoms with Crippen LogP contribution in [-0.2, 0) is 0 Å². The van der Waals surface area contributed by atoms with Crippen LogP contribution < -0.4 is 0 Å². The first kappa shape index (κ1) is 14.4. The Labute approximate surface area is 124 Å². The van der Waals surface area contributed by atoms with E-state index in [4.69, 9.17) is 11.6 Å². The van der Waals surface area contributed by atoms with Gasteiger partial charge < -0.3 is 5.11 Å². The Balaban J connectivity index is 1.74. The van der Waals surface area contributed by atoms with Crippen LogP contribution in [0.15, 0.2) is 0 Å². The third-order valence-electron chi connectivity index (χ3n) is 4.58. The van der Waals surface area contributed by atoms with Crippen molar-refractivity contribution in [3.63, 3.8) is 0 Å².